The van der Waals surface area contributed by atoms with Gasteiger partial charge < -0.3 is 15.5 Å². The van der Waals surface area contributed by atoms with Crippen molar-refractivity contribution in [2.75, 3.05) is 38.5 Å². The maximum Gasteiger partial charge on any atom is 0.191 e. The molecular weight excluding hydrogens is 447 g/mol. The van der Waals surface area contributed by atoms with E-state index in [0.717, 1.165) is 50.5 Å². The lowest BCUT2D eigenvalue weighted by Gasteiger charge is -2.30. The van der Waals surface area contributed by atoms with E-state index in [4.69, 9.17) is 4.99 Å². The summed E-state index contributed by atoms with van der Waals surface area (Å²) in [4.78, 5) is 7.29. The van der Waals surface area contributed by atoms with Crippen LogP contribution in [0.2, 0.25) is 0 Å². The molecule has 2 N–H and O–H groups in total. The Kier molecular flexibility index (Phi) is 12.3. The van der Waals surface area contributed by atoms with E-state index in [2.05, 4.69) is 22.5 Å². The third-order valence-electron chi connectivity index (χ3n) is 5.07. The average Bonchev–Trinajstić information content (AvgIpc) is 3.12. The lowest BCUT2D eigenvalue weighted by Crippen LogP contribution is -2.46. The van der Waals surface area contributed by atoms with Crippen LogP contribution in [-0.4, -0.2) is 64.8 Å². The number of aliphatic imine (C=N–C) groups is 1. The molecule has 0 spiro atoms. The molecule has 2 aliphatic rings. The predicted molar refractivity (Wildman–Crippen MR) is 120 cm³/mol. The second kappa shape index (κ2) is 13.3. The Bertz CT molecular complexity index is 416. The van der Waals surface area contributed by atoms with Crippen molar-refractivity contribution >= 4 is 40.7 Å². The SMILES string of the molecule is CCNC(=NCCCN1CCCC1)NC1CCCC(S(=O)CC)C1.I. The van der Waals surface area contributed by atoms with Crippen molar-refractivity contribution in [1.29, 1.82) is 0 Å². The number of rotatable bonds is 8. The van der Waals surface area contributed by atoms with Gasteiger partial charge in [0.25, 0.3) is 0 Å². The number of nitrogens with one attached hydrogen (secondary N) is 2. The van der Waals surface area contributed by atoms with E-state index in [-0.39, 0.29) is 24.0 Å². The van der Waals surface area contributed by atoms with Gasteiger partial charge in [0, 0.05) is 40.9 Å². The fraction of sp³-hybridized carbons (Fsp3) is 0.944. The van der Waals surface area contributed by atoms with Crippen LogP contribution >= 0.6 is 24.0 Å². The van der Waals surface area contributed by atoms with E-state index in [1.54, 1.807) is 0 Å². The second-order valence-corrected chi connectivity index (χ2v) is 8.97. The maximum atomic E-state index is 12.1. The first-order valence-corrected chi connectivity index (χ1v) is 11.3. The van der Waals surface area contributed by atoms with Crippen molar-refractivity contribution in [2.45, 2.75) is 70.1 Å². The summed E-state index contributed by atoms with van der Waals surface area (Å²) in [6.07, 6.45) is 8.30. The number of hydrogen-bond donors (Lipinski definition) is 2. The van der Waals surface area contributed by atoms with Gasteiger partial charge in [-0.15, -0.1) is 24.0 Å². The van der Waals surface area contributed by atoms with Crippen LogP contribution in [0.4, 0.5) is 0 Å². The molecule has 7 heteroatoms. The number of hydrogen-bond acceptors (Lipinski definition) is 3. The highest BCUT2D eigenvalue weighted by Crippen LogP contribution is 2.22. The van der Waals surface area contributed by atoms with Gasteiger partial charge in [-0.3, -0.25) is 9.20 Å². The lowest BCUT2D eigenvalue weighted by atomic mass is 9.95. The van der Waals surface area contributed by atoms with Gasteiger partial charge in [-0.25, -0.2) is 0 Å². The first-order chi connectivity index (χ1) is 11.7. The first-order valence-electron chi connectivity index (χ1n) is 9.87. The molecule has 148 valence electrons. The van der Waals surface area contributed by atoms with Gasteiger partial charge in [0.1, 0.15) is 0 Å². The van der Waals surface area contributed by atoms with E-state index in [0.29, 0.717) is 11.3 Å². The number of nitrogens with zero attached hydrogens (tertiary/aromatic N) is 2. The molecule has 0 radical (unpaired) electrons. The highest BCUT2D eigenvalue weighted by atomic mass is 127. The Balaban J connectivity index is 0.00000312. The molecule has 25 heavy (non-hydrogen) atoms. The first kappa shape index (κ1) is 23.1. The Labute approximate surface area is 173 Å². The van der Waals surface area contributed by atoms with Gasteiger partial charge in [0.2, 0.25) is 0 Å². The van der Waals surface area contributed by atoms with Crippen molar-refractivity contribution < 1.29 is 4.21 Å². The summed E-state index contributed by atoms with van der Waals surface area (Å²) in [5.74, 6) is 1.72. The predicted octanol–water partition coefficient (Wildman–Crippen LogP) is 2.73. The third-order valence-corrected chi connectivity index (χ3v) is 6.81. The summed E-state index contributed by atoms with van der Waals surface area (Å²) in [5, 5.41) is 7.31. The molecule has 3 unspecified atom stereocenters. The van der Waals surface area contributed by atoms with Crippen molar-refractivity contribution in [1.82, 2.24) is 15.5 Å². The molecular formula is C18H37IN4OS. The van der Waals surface area contributed by atoms with Crippen molar-refractivity contribution in [3.63, 3.8) is 0 Å². The highest BCUT2D eigenvalue weighted by Gasteiger charge is 2.26. The quantitative estimate of drug-likeness (QED) is 0.241. The highest BCUT2D eigenvalue weighted by molar-refractivity contribution is 14.0. The van der Waals surface area contributed by atoms with E-state index < -0.39 is 10.8 Å². The van der Waals surface area contributed by atoms with Gasteiger partial charge in [0.05, 0.1) is 0 Å². The minimum absolute atomic E-state index is 0. The minimum Gasteiger partial charge on any atom is -0.357 e. The average molecular weight is 484 g/mol. The van der Waals surface area contributed by atoms with Crippen LogP contribution in [0.15, 0.2) is 4.99 Å². The summed E-state index contributed by atoms with van der Waals surface area (Å²) >= 11 is 0. The van der Waals surface area contributed by atoms with E-state index >= 15 is 0 Å². The molecule has 5 nitrogen and oxygen atoms in total. The van der Waals surface area contributed by atoms with E-state index in [9.17, 15) is 4.21 Å². The molecule has 0 aromatic rings. The van der Waals surface area contributed by atoms with Crippen LogP contribution in [0.1, 0.15) is 58.8 Å². The summed E-state index contributed by atoms with van der Waals surface area (Å²) in [6, 6.07) is 0.413. The molecule has 0 amide bonds. The third kappa shape index (κ3) is 8.56. The fourth-order valence-corrected chi connectivity index (χ4v) is 5.10. The topological polar surface area (TPSA) is 56.7 Å². The van der Waals surface area contributed by atoms with Crippen LogP contribution in [-0.2, 0) is 10.8 Å². The summed E-state index contributed by atoms with van der Waals surface area (Å²) in [7, 11) is -0.667. The smallest absolute Gasteiger partial charge is 0.191 e. The largest absolute Gasteiger partial charge is 0.357 e. The van der Waals surface area contributed by atoms with E-state index in [1.165, 1.54) is 38.9 Å². The summed E-state index contributed by atoms with van der Waals surface area (Å²) in [6.45, 7) is 9.60. The number of guanidine groups is 1. The number of halogens is 1. The van der Waals surface area contributed by atoms with Gasteiger partial charge in [-0.1, -0.05) is 13.3 Å². The molecule has 0 aromatic carbocycles. The zero-order chi connectivity index (χ0) is 17.2. The van der Waals surface area contributed by atoms with Crippen molar-refractivity contribution in [3.8, 4) is 0 Å². The molecule has 1 saturated heterocycles. The molecule has 1 heterocycles. The van der Waals surface area contributed by atoms with Crippen molar-refractivity contribution in [2.24, 2.45) is 4.99 Å². The molecule has 3 atom stereocenters. The standard InChI is InChI=1S/C18H36N4OS.HI/c1-3-19-18(20-11-8-14-22-12-5-6-13-22)21-16-9-7-10-17(15-16)24(23)4-2;/h16-17H,3-15H2,1-2H3,(H2,19,20,21);1H. The number of likely N-dealkylation sites (tertiary alicyclic amines) is 1. The Morgan fingerprint density at radius 1 is 1.20 bits per heavy atom. The Morgan fingerprint density at radius 2 is 1.96 bits per heavy atom. The fourth-order valence-electron chi connectivity index (χ4n) is 3.76. The molecule has 1 saturated carbocycles. The minimum atomic E-state index is -0.667. The van der Waals surface area contributed by atoms with E-state index in [1.807, 2.05) is 6.92 Å². The zero-order valence-electron chi connectivity index (χ0n) is 16.0. The second-order valence-electron chi connectivity index (χ2n) is 6.96. The normalized spacial score (nSPS) is 26.1. The molecule has 2 rings (SSSR count). The molecule has 0 aromatic heterocycles. The molecule has 0 bridgehead atoms. The molecule has 2 fully saturated rings. The van der Waals surface area contributed by atoms with Gasteiger partial charge in [-0.05, 0) is 65.1 Å². The van der Waals surface area contributed by atoms with Crippen molar-refractivity contribution in [3.05, 3.63) is 0 Å². The van der Waals surface area contributed by atoms with Crippen LogP contribution in [0.25, 0.3) is 0 Å². The van der Waals surface area contributed by atoms with Gasteiger partial charge >= 0.3 is 0 Å². The molecule has 1 aliphatic heterocycles. The van der Waals surface area contributed by atoms with Gasteiger partial charge in [-0.2, -0.15) is 0 Å². The maximum absolute atomic E-state index is 12.1. The van der Waals surface area contributed by atoms with Crippen LogP contribution in [0.5, 0.6) is 0 Å². The lowest BCUT2D eigenvalue weighted by molar-refractivity contribution is 0.336. The van der Waals surface area contributed by atoms with Crippen LogP contribution in [0.3, 0.4) is 0 Å². The van der Waals surface area contributed by atoms with Gasteiger partial charge in [0.15, 0.2) is 5.96 Å². The molecule has 1 aliphatic carbocycles. The monoisotopic (exact) mass is 484 g/mol. The summed E-state index contributed by atoms with van der Waals surface area (Å²) in [5.41, 5.74) is 0. The zero-order valence-corrected chi connectivity index (χ0v) is 19.1. The summed E-state index contributed by atoms with van der Waals surface area (Å²) < 4.78 is 12.1. The van der Waals surface area contributed by atoms with Crippen LogP contribution < -0.4 is 10.6 Å². The van der Waals surface area contributed by atoms with Crippen LogP contribution in [0, 0.1) is 0 Å². The Morgan fingerprint density at radius 3 is 2.64 bits per heavy atom. The Hall–Kier alpha value is 0.110.